The van der Waals surface area contributed by atoms with Crippen LogP contribution in [0, 0.1) is 5.92 Å². The highest BCUT2D eigenvalue weighted by Crippen LogP contribution is 2.24. The highest BCUT2D eigenvalue weighted by atomic mass is 35.5. The Morgan fingerprint density at radius 1 is 1.17 bits per heavy atom. The lowest BCUT2D eigenvalue weighted by Gasteiger charge is -2.28. The normalized spacial score (nSPS) is 14.9. The fourth-order valence-electron chi connectivity index (χ4n) is 2.38. The molecule has 24 heavy (non-hydrogen) atoms. The van der Waals surface area contributed by atoms with Crippen molar-refractivity contribution in [2.75, 3.05) is 19.6 Å². The highest BCUT2D eigenvalue weighted by molar-refractivity contribution is 6.30. The number of carbonyl (C=O) groups excluding carboxylic acids is 1. The second-order valence-electron chi connectivity index (χ2n) is 5.63. The Morgan fingerprint density at radius 2 is 1.83 bits per heavy atom. The fourth-order valence-corrected chi connectivity index (χ4v) is 2.51. The summed E-state index contributed by atoms with van der Waals surface area (Å²) in [5, 5.41) is 6.82. The second-order valence-corrected chi connectivity index (χ2v) is 6.07. The van der Waals surface area contributed by atoms with E-state index in [1.54, 1.807) is 24.3 Å². The summed E-state index contributed by atoms with van der Waals surface area (Å²) >= 11 is 5.89. The van der Waals surface area contributed by atoms with Crippen LogP contribution in [0.15, 0.2) is 54.6 Å². The van der Waals surface area contributed by atoms with E-state index >= 15 is 0 Å². The van der Waals surface area contributed by atoms with E-state index in [0.717, 1.165) is 18.7 Å². The van der Waals surface area contributed by atoms with Gasteiger partial charge in [0.2, 0.25) is 6.10 Å². The van der Waals surface area contributed by atoms with Crippen molar-refractivity contribution in [2.45, 2.75) is 6.10 Å². The number of hydrogen-bond donors (Lipinski definition) is 2. The molecule has 1 unspecified atom stereocenters. The zero-order valence-corrected chi connectivity index (χ0v) is 14.6. The van der Waals surface area contributed by atoms with E-state index in [9.17, 15) is 4.79 Å². The topological polar surface area (TPSA) is 50.4 Å². The number of nitrogens with one attached hydrogen (secondary N) is 2. The van der Waals surface area contributed by atoms with Gasteiger partial charge < -0.3 is 15.4 Å². The molecule has 3 rings (SSSR count). The van der Waals surface area contributed by atoms with Gasteiger partial charge in [-0.05, 0) is 24.3 Å². The van der Waals surface area contributed by atoms with Crippen LogP contribution in [-0.4, -0.2) is 25.5 Å². The first-order chi connectivity index (χ1) is 11.2. The SMILES string of the molecule is Cl.O=C(NCC1CNC1)C(Oc1ccc(Cl)cc1)c1ccccc1. The van der Waals surface area contributed by atoms with Crippen LogP contribution < -0.4 is 15.4 Å². The lowest BCUT2D eigenvalue weighted by molar-refractivity contribution is -0.128. The van der Waals surface area contributed by atoms with Crippen molar-refractivity contribution in [1.29, 1.82) is 0 Å². The monoisotopic (exact) mass is 366 g/mol. The van der Waals surface area contributed by atoms with Gasteiger partial charge in [-0.25, -0.2) is 0 Å². The molecule has 0 saturated carbocycles. The van der Waals surface area contributed by atoms with Gasteiger partial charge in [0.1, 0.15) is 5.75 Å². The molecule has 1 fully saturated rings. The Kier molecular flexibility index (Phi) is 6.91. The maximum atomic E-state index is 12.6. The molecular formula is C18H20Cl2N2O2. The quantitative estimate of drug-likeness (QED) is 0.824. The number of rotatable bonds is 6. The predicted molar refractivity (Wildman–Crippen MR) is 97.9 cm³/mol. The molecule has 128 valence electrons. The van der Waals surface area contributed by atoms with Gasteiger partial charge in [-0.1, -0.05) is 41.9 Å². The number of halogens is 2. The zero-order valence-electron chi connectivity index (χ0n) is 13.1. The summed E-state index contributed by atoms with van der Waals surface area (Å²) in [4.78, 5) is 12.6. The Labute approximate surface area is 153 Å². The molecule has 2 N–H and O–H groups in total. The molecule has 1 aliphatic heterocycles. The molecular weight excluding hydrogens is 347 g/mol. The average molecular weight is 367 g/mol. The minimum atomic E-state index is -0.676. The zero-order chi connectivity index (χ0) is 16.1. The van der Waals surface area contributed by atoms with E-state index in [1.165, 1.54) is 0 Å². The van der Waals surface area contributed by atoms with Crippen molar-refractivity contribution < 1.29 is 9.53 Å². The molecule has 4 nitrogen and oxygen atoms in total. The molecule has 6 heteroatoms. The van der Waals surface area contributed by atoms with Crippen LogP contribution in [0.4, 0.5) is 0 Å². The first-order valence-electron chi connectivity index (χ1n) is 7.68. The number of hydrogen-bond acceptors (Lipinski definition) is 3. The van der Waals surface area contributed by atoms with Gasteiger partial charge in [0.15, 0.2) is 0 Å². The Morgan fingerprint density at radius 3 is 2.42 bits per heavy atom. The minimum Gasteiger partial charge on any atom is -0.476 e. The van der Waals surface area contributed by atoms with E-state index in [-0.39, 0.29) is 18.3 Å². The largest absolute Gasteiger partial charge is 0.476 e. The second kappa shape index (κ2) is 8.92. The number of benzene rings is 2. The standard InChI is InChI=1S/C18H19ClN2O2.ClH/c19-15-6-8-16(9-7-15)23-17(14-4-2-1-3-5-14)18(22)21-12-13-10-20-11-13;/h1-9,13,17,20H,10-12H2,(H,21,22);1H. The Hall–Kier alpha value is -1.75. The molecule has 1 aliphatic rings. The third-order valence-corrected chi connectivity index (χ3v) is 4.09. The summed E-state index contributed by atoms with van der Waals surface area (Å²) < 4.78 is 5.91. The lowest BCUT2D eigenvalue weighted by Crippen LogP contribution is -2.49. The summed E-state index contributed by atoms with van der Waals surface area (Å²) in [5.41, 5.74) is 0.826. The smallest absolute Gasteiger partial charge is 0.265 e. The van der Waals surface area contributed by atoms with Crippen LogP contribution in [0.25, 0.3) is 0 Å². The number of carbonyl (C=O) groups is 1. The van der Waals surface area contributed by atoms with Crippen LogP contribution in [-0.2, 0) is 4.79 Å². The minimum absolute atomic E-state index is 0. The van der Waals surface area contributed by atoms with Gasteiger partial charge >= 0.3 is 0 Å². The number of amides is 1. The van der Waals surface area contributed by atoms with E-state index in [2.05, 4.69) is 10.6 Å². The molecule has 0 radical (unpaired) electrons. The van der Waals surface area contributed by atoms with E-state index < -0.39 is 6.10 Å². The Bertz CT molecular complexity index is 646. The van der Waals surface area contributed by atoms with Crippen molar-refractivity contribution in [3.05, 3.63) is 65.2 Å². The molecule has 1 saturated heterocycles. The average Bonchev–Trinajstić information content (AvgIpc) is 2.53. The summed E-state index contributed by atoms with van der Waals surface area (Å²) in [5.74, 6) is 0.993. The van der Waals surface area contributed by atoms with Crippen LogP contribution >= 0.6 is 24.0 Å². The van der Waals surface area contributed by atoms with Crippen molar-refractivity contribution >= 4 is 29.9 Å². The molecule has 0 spiro atoms. The van der Waals surface area contributed by atoms with Gasteiger partial charge in [-0.2, -0.15) is 0 Å². The van der Waals surface area contributed by atoms with Gasteiger partial charge in [-0.15, -0.1) is 12.4 Å². The highest BCUT2D eigenvalue weighted by Gasteiger charge is 2.24. The molecule has 0 aliphatic carbocycles. The Balaban J connectivity index is 0.00000208. The van der Waals surface area contributed by atoms with Gasteiger partial charge in [-0.3, -0.25) is 4.79 Å². The third-order valence-electron chi connectivity index (χ3n) is 3.84. The van der Waals surface area contributed by atoms with Gasteiger partial charge in [0, 0.05) is 36.1 Å². The molecule has 1 amide bonds. The van der Waals surface area contributed by atoms with Crippen molar-refractivity contribution in [3.8, 4) is 5.75 Å². The molecule has 1 atom stereocenters. The number of ether oxygens (including phenoxy) is 1. The predicted octanol–water partition coefficient (Wildman–Crippen LogP) is 3.22. The molecule has 2 aromatic rings. The fraction of sp³-hybridized carbons (Fsp3) is 0.278. The van der Waals surface area contributed by atoms with Crippen LogP contribution in [0.3, 0.4) is 0 Å². The summed E-state index contributed by atoms with van der Waals surface area (Å²) in [6.07, 6.45) is -0.676. The first-order valence-corrected chi connectivity index (χ1v) is 8.06. The maximum absolute atomic E-state index is 12.6. The first kappa shape index (κ1) is 18.6. The third kappa shape index (κ3) is 4.87. The summed E-state index contributed by atoms with van der Waals surface area (Å²) in [6.45, 7) is 2.57. The molecule has 2 aromatic carbocycles. The van der Waals surface area contributed by atoms with Crippen molar-refractivity contribution in [2.24, 2.45) is 5.92 Å². The van der Waals surface area contributed by atoms with E-state index in [1.807, 2.05) is 30.3 Å². The lowest BCUT2D eigenvalue weighted by atomic mass is 10.0. The van der Waals surface area contributed by atoms with Gasteiger partial charge in [0.05, 0.1) is 0 Å². The van der Waals surface area contributed by atoms with Gasteiger partial charge in [0.25, 0.3) is 5.91 Å². The van der Waals surface area contributed by atoms with Crippen LogP contribution in [0.5, 0.6) is 5.75 Å². The summed E-state index contributed by atoms with van der Waals surface area (Å²) in [7, 11) is 0. The maximum Gasteiger partial charge on any atom is 0.265 e. The van der Waals surface area contributed by atoms with Crippen molar-refractivity contribution in [3.63, 3.8) is 0 Å². The van der Waals surface area contributed by atoms with Crippen molar-refractivity contribution in [1.82, 2.24) is 10.6 Å². The molecule has 1 heterocycles. The van der Waals surface area contributed by atoms with E-state index in [4.69, 9.17) is 16.3 Å². The van der Waals surface area contributed by atoms with Crippen LogP contribution in [0.1, 0.15) is 11.7 Å². The molecule has 0 aromatic heterocycles. The van der Waals surface area contributed by atoms with Crippen LogP contribution in [0.2, 0.25) is 5.02 Å². The van der Waals surface area contributed by atoms with E-state index in [0.29, 0.717) is 23.2 Å². The summed E-state index contributed by atoms with van der Waals surface area (Å²) in [6, 6.07) is 16.5. The molecule has 0 bridgehead atoms.